The first kappa shape index (κ1) is 9.86. The third-order valence-corrected chi connectivity index (χ3v) is 2.17. The van der Waals surface area contributed by atoms with E-state index in [1.165, 1.54) is 0 Å². The Morgan fingerprint density at radius 2 is 2.07 bits per heavy atom. The summed E-state index contributed by atoms with van der Waals surface area (Å²) in [6, 6.07) is 4.06. The van der Waals surface area contributed by atoms with Gasteiger partial charge in [-0.25, -0.2) is 4.98 Å². The van der Waals surface area contributed by atoms with Gasteiger partial charge in [-0.2, -0.15) is 0 Å². The van der Waals surface area contributed by atoms with Gasteiger partial charge in [-0.15, -0.1) is 0 Å². The lowest BCUT2D eigenvalue weighted by atomic mass is 10.2. The number of nitrogens with zero attached hydrogens (tertiary/aromatic N) is 3. The van der Waals surface area contributed by atoms with E-state index in [9.17, 15) is 0 Å². The molecule has 0 aliphatic rings. The van der Waals surface area contributed by atoms with E-state index < -0.39 is 0 Å². The minimum Gasteiger partial charge on any atom is -0.329 e. The molecule has 15 heavy (non-hydrogen) atoms. The molecule has 2 rings (SSSR count). The number of hydrogen-bond acceptors (Lipinski definition) is 3. The Morgan fingerprint density at radius 3 is 2.73 bits per heavy atom. The highest BCUT2D eigenvalue weighted by atomic mass is 15.1. The summed E-state index contributed by atoms with van der Waals surface area (Å²) in [5, 5.41) is 0. The van der Waals surface area contributed by atoms with Gasteiger partial charge in [0.2, 0.25) is 0 Å². The second-order valence-corrected chi connectivity index (χ2v) is 3.64. The molecule has 0 fully saturated rings. The first-order valence-electron chi connectivity index (χ1n) is 4.93. The molecule has 2 heterocycles. The smallest absolute Gasteiger partial charge is 0.0951 e. The first-order chi connectivity index (χ1) is 7.27. The lowest BCUT2D eigenvalue weighted by molar-refractivity contribution is 0.593. The van der Waals surface area contributed by atoms with Crippen molar-refractivity contribution in [2.45, 2.75) is 19.5 Å². The summed E-state index contributed by atoms with van der Waals surface area (Å²) in [7, 11) is 0. The molecule has 1 unspecified atom stereocenters. The van der Waals surface area contributed by atoms with E-state index >= 15 is 0 Å². The zero-order valence-electron chi connectivity index (χ0n) is 8.67. The summed E-state index contributed by atoms with van der Waals surface area (Å²) >= 11 is 0. The number of rotatable bonds is 3. The van der Waals surface area contributed by atoms with Gasteiger partial charge < -0.3 is 10.3 Å². The molecule has 2 aromatic heterocycles. The fourth-order valence-electron chi connectivity index (χ4n) is 1.54. The molecule has 0 aromatic carbocycles. The van der Waals surface area contributed by atoms with Crippen molar-refractivity contribution >= 4 is 0 Å². The van der Waals surface area contributed by atoms with Gasteiger partial charge in [0.15, 0.2) is 0 Å². The summed E-state index contributed by atoms with van der Waals surface area (Å²) in [6.45, 7) is 2.76. The first-order valence-corrected chi connectivity index (χ1v) is 4.93. The number of pyridine rings is 1. The standard InChI is InChI=1S/C11H14N4/c1-9(12)7-15-8-14-6-11(15)10-2-4-13-5-3-10/h2-6,8-9H,7,12H2,1H3. The minimum absolute atomic E-state index is 0.125. The van der Waals surface area contributed by atoms with Crippen LogP contribution < -0.4 is 5.73 Å². The average Bonchev–Trinajstić information content (AvgIpc) is 2.66. The second kappa shape index (κ2) is 4.23. The molecule has 0 radical (unpaired) electrons. The van der Waals surface area contributed by atoms with Crippen LogP contribution in [0.3, 0.4) is 0 Å². The maximum absolute atomic E-state index is 5.77. The van der Waals surface area contributed by atoms with Crippen molar-refractivity contribution in [3.8, 4) is 11.3 Å². The Morgan fingerprint density at radius 1 is 1.33 bits per heavy atom. The van der Waals surface area contributed by atoms with Gasteiger partial charge in [-0.1, -0.05) is 0 Å². The topological polar surface area (TPSA) is 56.7 Å². The van der Waals surface area contributed by atoms with E-state index in [0.717, 1.165) is 17.8 Å². The van der Waals surface area contributed by atoms with Crippen LogP contribution in [0, 0.1) is 0 Å². The molecule has 0 aliphatic heterocycles. The van der Waals surface area contributed by atoms with Gasteiger partial charge in [0.1, 0.15) is 0 Å². The maximum atomic E-state index is 5.77. The molecule has 0 aliphatic carbocycles. The van der Waals surface area contributed by atoms with Crippen LogP contribution in [-0.4, -0.2) is 20.6 Å². The Balaban J connectivity index is 2.33. The SMILES string of the molecule is CC(N)Cn1cncc1-c1ccncc1. The van der Waals surface area contributed by atoms with Gasteiger partial charge in [0, 0.05) is 30.5 Å². The van der Waals surface area contributed by atoms with Crippen molar-refractivity contribution in [3.63, 3.8) is 0 Å². The van der Waals surface area contributed by atoms with Crippen LogP contribution in [-0.2, 0) is 6.54 Å². The molecule has 2 aromatic rings. The summed E-state index contributed by atoms with van der Waals surface area (Å²) in [6.07, 6.45) is 7.20. The maximum Gasteiger partial charge on any atom is 0.0951 e. The van der Waals surface area contributed by atoms with Gasteiger partial charge in [0.05, 0.1) is 18.2 Å². The minimum atomic E-state index is 0.125. The predicted molar refractivity (Wildman–Crippen MR) is 59.1 cm³/mol. The zero-order valence-corrected chi connectivity index (χ0v) is 8.67. The molecule has 4 heteroatoms. The van der Waals surface area contributed by atoms with Gasteiger partial charge in [-0.05, 0) is 19.1 Å². The lowest BCUT2D eigenvalue weighted by Crippen LogP contribution is -2.22. The normalized spacial score (nSPS) is 12.7. The quantitative estimate of drug-likeness (QED) is 0.816. The van der Waals surface area contributed by atoms with Crippen LogP contribution in [0.4, 0.5) is 0 Å². The third kappa shape index (κ3) is 2.22. The van der Waals surface area contributed by atoms with E-state index in [0.29, 0.717) is 0 Å². The predicted octanol–water partition coefficient (Wildman–Crippen LogP) is 1.29. The van der Waals surface area contributed by atoms with E-state index in [1.807, 2.05) is 25.3 Å². The Bertz CT molecular complexity index is 419. The average molecular weight is 202 g/mol. The lowest BCUT2D eigenvalue weighted by Gasteiger charge is -2.10. The fraction of sp³-hybridized carbons (Fsp3) is 0.273. The number of nitrogens with two attached hydrogens (primary N) is 1. The van der Waals surface area contributed by atoms with E-state index in [1.54, 1.807) is 18.7 Å². The van der Waals surface area contributed by atoms with Crippen molar-refractivity contribution in [3.05, 3.63) is 37.1 Å². The van der Waals surface area contributed by atoms with Crippen LogP contribution in [0.1, 0.15) is 6.92 Å². The summed E-state index contributed by atoms with van der Waals surface area (Å²) in [5.41, 5.74) is 7.96. The highest BCUT2D eigenvalue weighted by molar-refractivity contribution is 5.57. The molecular weight excluding hydrogens is 188 g/mol. The number of imidazole rings is 1. The molecule has 0 bridgehead atoms. The van der Waals surface area contributed by atoms with Crippen LogP contribution in [0.5, 0.6) is 0 Å². The zero-order chi connectivity index (χ0) is 10.7. The van der Waals surface area contributed by atoms with Crippen molar-refractivity contribution in [1.29, 1.82) is 0 Å². The molecule has 4 nitrogen and oxygen atoms in total. The highest BCUT2D eigenvalue weighted by Crippen LogP contribution is 2.17. The van der Waals surface area contributed by atoms with E-state index in [4.69, 9.17) is 5.73 Å². The molecule has 0 amide bonds. The van der Waals surface area contributed by atoms with Gasteiger partial charge in [-0.3, -0.25) is 4.98 Å². The molecule has 0 saturated carbocycles. The number of aromatic nitrogens is 3. The molecule has 2 N–H and O–H groups in total. The summed E-state index contributed by atoms with van der Waals surface area (Å²) in [5.74, 6) is 0. The molecular formula is C11H14N4. The molecule has 0 saturated heterocycles. The Kier molecular flexibility index (Phi) is 2.78. The molecule has 1 atom stereocenters. The largest absolute Gasteiger partial charge is 0.329 e. The van der Waals surface area contributed by atoms with Crippen molar-refractivity contribution in [2.24, 2.45) is 5.73 Å². The summed E-state index contributed by atoms with van der Waals surface area (Å²) in [4.78, 5) is 8.13. The van der Waals surface area contributed by atoms with E-state index in [-0.39, 0.29) is 6.04 Å². The number of hydrogen-bond donors (Lipinski definition) is 1. The highest BCUT2D eigenvalue weighted by Gasteiger charge is 2.05. The summed E-state index contributed by atoms with van der Waals surface area (Å²) < 4.78 is 2.06. The second-order valence-electron chi connectivity index (χ2n) is 3.64. The van der Waals surface area contributed by atoms with Crippen LogP contribution in [0.25, 0.3) is 11.3 Å². The van der Waals surface area contributed by atoms with Crippen molar-refractivity contribution in [1.82, 2.24) is 14.5 Å². The van der Waals surface area contributed by atoms with Crippen molar-refractivity contribution in [2.75, 3.05) is 0 Å². The van der Waals surface area contributed by atoms with E-state index in [2.05, 4.69) is 14.5 Å². The Labute approximate surface area is 88.8 Å². The Hall–Kier alpha value is -1.68. The monoisotopic (exact) mass is 202 g/mol. The molecule has 78 valence electrons. The molecule has 0 spiro atoms. The van der Waals surface area contributed by atoms with Crippen LogP contribution in [0.15, 0.2) is 37.1 Å². The van der Waals surface area contributed by atoms with Gasteiger partial charge >= 0.3 is 0 Å². The van der Waals surface area contributed by atoms with Crippen LogP contribution >= 0.6 is 0 Å². The van der Waals surface area contributed by atoms with Crippen molar-refractivity contribution < 1.29 is 0 Å². The van der Waals surface area contributed by atoms with Gasteiger partial charge in [0.25, 0.3) is 0 Å². The third-order valence-electron chi connectivity index (χ3n) is 2.17. The fourth-order valence-corrected chi connectivity index (χ4v) is 1.54. The van der Waals surface area contributed by atoms with Crippen LogP contribution in [0.2, 0.25) is 0 Å².